The molecule has 3 unspecified atom stereocenters. The van der Waals surface area contributed by atoms with Gasteiger partial charge in [0.15, 0.2) is 0 Å². The molecule has 1 amide bonds. The molecule has 1 aromatic heterocycles. The number of pyridine rings is 1. The Morgan fingerprint density at radius 2 is 2.25 bits per heavy atom. The Bertz CT molecular complexity index is 824. The molecule has 1 aromatic rings. The van der Waals surface area contributed by atoms with Crippen LogP contribution in [0.15, 0.2) is 30.7 Å². The second-order valence-electron chi connectivity index (χ2n) is 8.07. The second kappa shape index (κ2) is 7.69. The summed E-state index contributed by atoms with van der Waals surface area (Å²) in [5, 5.41) is 13.1. The molecule has 3 atom stereocenters. The summed E-state index contributed by atoms with van der Waals surface area (Å²) in [6.45, 7) is 9.49. The van der Waals surface area contributed by atoms with Crippen LogP contribution in [0.2, 0.25) is 5.02 Å². The van der Waals surface area contributed by atoms with Crippen molar-refractivity contribution in [1.82, 2.24) is 15.8 Å². The lowest BCUT2D eigenvalue weighted by atomic mass is 9.89. The van der Waals surface area contributed by atoms with E-state index < -0.39 is 18.0 Å². The molecular formula is C19H24ClFN4O3. The van der Waals surface area contributed by atoms with Crippen LogP contribution in [0.25, 0.3) is 5.83 Å². The largest absolute Gasteiger partial charge is 0.391 e. The molecule has 2 aliphatic heterocycles. The average Bonchev–Trinajstić information content (AvgIpc) is 3.21. The van der Waals surface area contributed by atoms with Crippen molar-refractivity contribution in [3.63, 3.8) is 0 Å². The molecule has 1 fully saturated rings. The van der Waals surface area contributed by atoms with Crippen molar-refractivity contribution >= 4 is 29.2 Å². The van der Waals surface area contributed by atoms with Crippen molar-refractivity contribution in [3.8, 4) is 0 Å². The molecular weight excluding hydrogens is 387 g/mol. The van der Waals surface area contributed by atoms with Crippen LogP contribution in [0.5, 0.6) is 0 Å². The summed E-state index contributed by atoms with van der Waals surface area (Å²) in [7, 11) is 0. The number of aliphatic hydroxyl groups excluding tert-OH is 1. The van der Waals surface area contributed by atoms with Crippen molar-refractivity contribution in [2.24, 2.45) is 5.41 Å². The van der Waals surface area contributed by atoms with E-state index in [0.717, 1.165) is 0 Å². The van der Waals surface area contributed by atoms with Gasteiger partial charge in [-0.3, -0.25) is 15.1 Å². The quantitative estimate of drug-likeness (QED) is 0.707. The van der Waals surface area contributed by atoms with Crippen LogP contribution in [0.1, 0.15) is 32.8 Å². The summed E-state index contributed by atoms with van der Waals surface area (Å²) >= 11 is 6.24. The zero-order chi connectivity index (χ0) is 20.6. The molecule has 0 aromatic carbocycles. The van der Waals surface area contributed by atoms with Crippen molar-refractivity contribution in [1.29, 1.82) is 0 Å². The van der Waals surface area contributed by atoms with Crippen LogP contribution in [0.3, 0.4) is 0 Å². The Labute approximate surface area is 168 Å². The number of nitrogens with zero attached hydrogens (tertiary/aromatic N) is 2. The number of anilines is 1. The minimum atomic E-state index is -0.714. The lowest BCUT2D eigenvalue weighted by molar-refractivity contribution is -0.122. The highest BCUT2D eigenvalue weighted by Crippen LogP contribution is 2.32. The summed E-state index contributed by atoms with van der Waals surface area (Å²) in [5.74, 6) is -0.218. The first-order valence-corrected chi connectivity index (χ1v) is 9.33. The van der Waals surface area contributed by atoms with Gasteiger partial charge in [0.05, 0.1) is 11.1 Å². The van der Waals surface area contributed by atoms with Gasteiger partial charge < -0.3 is 15.3 Å². The summed E-state index contributed by atoms with van der Waals surface area (Å²) in [5.41, 5.74) is 2.76. The number of nitrogens with one attached hydrogen (secondary N) is 2. The molecule has 3 rings (SSSR count). The van der Waals surface area contributed by atoms with E-state index in [1.54, 1.807) is 11.0 Å². The van der Waals surface area contributed by atoms with Crippen LogP contribution in [0.4, 0.5) is 10.2 Å². The van der Waals surface area contributed by atoms with Crippen LogP contribution in [0, 0.1) is 5.41 Å². The molecule has 7 nitrogen and oxygen atoms in total. The zero-order valence-corrected chi connectivity index (χ0v) is 16.8. The number of halogens is 2. The summed E-state index contributed by atoms with van der Waals surface area (Å²) in [6.07, 6.45) is 2.42. The Morgan fingerprint density at radius 1 is 1.54 bits per heavy atom. The van der Waals surface area contributed by atoms with Crippen LogP contribution >= 0.6 is 11.6 Å². The lowest BCUT2D eigenvalue weighted by Gasteiger charge is -2.25. The van der Waals surface area contributed by atoms with Crippen molar-refractivity contribution < 1.29 is 19.1 Å². The van der Waals surface area contributed by atoms with Gasteiger partial charge >= 0.3 is 0 Å². The molecule has 0 radical (unpaired) electrons. The molecule has 3 heterocycles. The fourth-order valence-corrected chi connectivity index (χ4v) is 3.42. The number of carbonyl (C=O) groups excluding carboxylic acids is 1. The average molecular weight is 411 g/mol. The highest BCUT2D eigenvalue weighted by Gasteiger charge is 2.39. The van der Waals surface area contributed by atoms with Gasteiger partial charge in [-0.15, -0.1) is 0 Å². The minimum absolute atomic E-state index is 0.130. The van der Waals surface area contributed by atoms with Gasteiger partial charge in [-0.1, -0.05) is 39.0 Å². The minimum Gasteiger partial charge on any atom is -0.391 e. The third-order valence-corrected chi connectivity index (χ3v) is 4.99. The van der Waals surface area contributed by atoms with Crippen molar-refractivity contribution in [3.05, 3.63) is 41.3 Å². The Kier molecular flexibility index (Phi) is 5.65. The fourth-order valence-electron chi connectivity index (χ4n) is 3.14. The van der Waals surface area contributed by atoms with Gasteiger partial charge in [0.25, 0.3) is 0 Å². The lowest BCUT2D eigenvalue weighted by Crippen LogP contribution is -2.44. The highest BCUT2D eigenvalue weighted by molar-refractivity contribution is 6.33. The molecule has 0 spiro atoms. The van der Waals surface area contributed by atoms with Crippen molar-refractivity contribution in [2.75, 3.05) is 11.4 Å². The molecule has 152 valence electrons. The molecule has 0 aliphatic carbocycles. The van der Waals surface area contributed by atoms with Gasteiger partial charge in [-0.25, -0.2) is 9.37 Å². The van der Waals surface area contributed by atoms with Crippen LogP contribution in [-0.4, -0.2) is 40.8 Å². The summed E-state index contributed by atoms with van der Waals surface area (Å²) < 4.78 is 13.3. The molecule has 28 heavy (non-hydrogen) atoms. The van der Waals surface area contributed by atoms with Crippen LogP contribution < -0.4 is 15.7 Å². The molecule has 2 aliphatic rings. The predicted octanol–water partition coefficient (Wildman–Crippen LogP) is 2.52. The standard InChI is InChI=1S/C19H24ClFN4O3/c1-10(21)11-5-13(20)17(22-8-11)25-9-12(26)6-14(25)18(27)23-16-7-15(28-24-16)19(2,3)4/h5,7-8,12,14-15,24,26H,1,6,9H2,2-4H3,(H,23,27). The van der Waals surface area contributed by atoms with Crippen LogP contribution in [-0.2, 0) is 9.63 Å². The highest BCUT2D eigenvalue weighted by atomic mass is 35.5. The summed E-state index contributed by atoms with van der Waals surface area (Å²) in [6, 6.07) is 0.713. The molecule has 0 bridgehead atoms. The fraction of sp³-hybridized carbons (Fsp3) is 0.474. The molecule has 3 N–H and O–H groups in total. The third kappa shape index (κ3) is 4.29. The van der Waals surface area contributed by atoms with E-state index in [0.29, 0.717) is 11.6 Å². The number of hydroxylamine groups is 1. The number of hydrogen-bond acceptors (Lipinski definition) is 6. The topological polar surface area (TPSA) is 86.7 Å². The van der Waals surface area contributed by atoms with E-state index in [1.807, 2.05) is 20.8 Å². The first-order valence-electron chi connectivity index (χ1n) is 8.95. The van der Waals surface area contributed by atoms with Gasteiger partial charge in [-0.05, 0) is 17.6 Å². The Balaban J connectivity index is 1.77. The van der Waals surface area contributed by atoms with E-state index in [9.17, 15) is 14.3 Å². The van der Waals surface area contributed by atoms with E-state index in [1.165, 1.54) is 12.3 Å². The number of β-amino-alcohol motifs (C(OH)–C–C–N with tert-alkyl or cyclic N) is 1. The number of carbonyl (C=O) groups is 1. The van der Waals surface area contributed by atoms with Gasteiger partial charge in [0, 0.05) is 24.7 Å². The first kappa shape index (κ1) is 20.6. The van der Waals surface area contributed by atoms with E-state index in [2.05, 4.69) is 22.4 Å². The number of hydrogen-bond donors (Lipinski definition) is 3. The monoisotopic (exact) mass is 410 g/mol. The normalized spacial score (nSPS) is 24.7. The molecule has 0 saturated carbocycles. The second-order valence-corrected chi connectivity index (χ2v) is 8.48. The smallest absolute Gasteiger partial charge is 0.248 e. The van der Waals surface area contributed by atoms with E-state index in [4.69, 9.17) is 16.4 Å². The number of aliphatic hydroxyl groups is 1. The van der Waals surface area contributed by atoms with E-state index >= 15 is 0 Å². The van der Waals surface area contributed by atoms with Gasteiger partial charge in [0.2, 0.25) is 5.91 Å². The first-order chi connectivity index (χ1) is 13.1. The van der Waals surface area contributed by atoms with E-state index in [-0.39, 0.29) is 41.0 Å². The Hall–Kier alpha value is -2.16. The zero-order valence-electron chi connectivity index (χ0n) is 16.0. The SMILES string of the molecule is C=C(F)c1cnc(N2CC(O)CC2C(=O)NC2=CC(C(C)(C)C)ON2)c(Cl)c1. The number of amides is 1. The van der Waals surface area contributed by atoms with Gasteiger partial charge in [-0.2, -0.15) is 0 Å². The Morgan fingerprint density at radius 3 is 2.82 bits per heavy atom. The molecule has 9 heteroatoms. The van der Waals surface area contributed by atoms with Gasteiger partial charge in [0.1, 0.15) is 29.6 Å². The maximum absolute atomic E-state index is 13.3. The predicted molar refractivity (Wildman–Crippen MR) is 105 cm³/mol. The number of aromatic nitrogens is 1. The van der Waals surface area contributed by atoms with Crippen molar-refractivity contribution in [2.45, 2.75) is 45.4 Å². The summed E-state index contributed by atoms with van der Waals surface area (Å²) in [4.78, 5) is 24.1. The third-order valence-electron chi connectivity index (χ3n) is 4.71. The maximum Gasteiger partial charge on any atom is 0.248 e. The maximum atomic E-state index is 13.3. The molecule has 1 saturated heterocycles. The number of rotatable bonds is 4.